The molecular weight excluding hydrogens is 404 g/mol. The van der Waals surface area contributed by atoms with Gasteiger partial charge in [0.1, 0.15) is 18.0 Å². The lowest BCUT2D eigenvalue weighted by Gasteiger charge is -2.37. The van der Waals surface area contributed by atoms with Gasteiger partial charge >= 0.3 is 6.18 Å². The van der Waals surface area contributed by atoms with Crippen molar-refractivity contribution in [3.8, 4) is 11.5 Å². The van der Waals surface area contributed by atoms with Crippen LogP contribution in [0.2, 0.25) is 0 Å². The summed E-state index contributed by atoms with van der Waals surface area (Å²) >= 11 is 0. The van der Waals surface area contributed by atoms with E-state index in [1.54, 1.807) is 0 Å². The summed E-state index contributed by atoms with van der Waals surface area (Å²) in [6.45, 7) is 1.13. The molecule has 0 aromatic heterocycles. The van der Waals surface area contributed by atoms with Gasteiger partial charge in [-0.05, 0) is 57.6 Å². The van der Waals surface area contributed by atoms with Crippen LogP contribution >= 0.6 is 0 Å². The van der Waals surface area contributed by atoms with E-state index in [1.165, 1.54) is 25.3 Å². The maximum atomic E-state index is 13.4. The zero-order valence-electron chi connectivity index (χ0n) is 17.1. The van der Waals surface area contributed by atoms with Crippen molar-refractivity contribution in [2.75, 3.05) is 7.11 Å². The molecule has 168 valence electrons. The maximum absolute atomic E-state index is 13.4. The van der Waals surface area contributed by atoms with Crippen LogP contribution < -0.4 is 20.1 Å². The molecule has 0 saturated heterocycles. The average molecular weight is 432 g/mol. The third-order valence-electron chi connectivity index (χ3n) is 5.94. The molecule has 5 nitrogen and oxygen atoms in total. The molecule has 1 atom stereocenters. The first-order valence-electron chi connectivity index (χ1n) is 10.3. The first kappa shape index (κ1) is 22.7. The monoisotopic (exact) mass is 432 g/mol. The number of ether oxygens (including phenoxy) is 2. The Bertz CT molecular complexity index is 729. The smallest absolute Gasteiger partial charge is 0.403 e. The van der Waals surface area contributed by atoms with E-state index in [0.29, 0.717) is 50.0 Å². The average Bonchev–Trinajstić information content (AvgIpc) is 2.65. The highest BCUT2D eigenvalue weighted by atomic mass is 19.4. The summed E-state index contributed by atoms with van der Waals surface area (Å²) in [6.07, 6.45) is -0.856. The Kier molecular flexibility index (Phi) is 7.10. The molecule has 1 aromatic carbocycles. The number of nitrogens with one attached hydrogen (secondary N) is 2. The minimum absolute atomic E-state index is 0.0139. The molecule has 0 bridgehead atoms. The van der Waals surface area contributed by atoms with Crippen LogP contribution in [0.5, 0.6) is 11.5 Å². The van der Waals surface area contributed by atoms with Crippen LogP contribution in [0.1, 0.15) is 45.4 Å². The van der Waals surface area contributed by atoms with Gasteiger partial charge in [-0.25, -0.2) is 4.39 Å². The number of carbonyl (C=O) groups is 1. The number of methoxy groups -OCH3 is 1. The zero-order chi connectivity index (χ0) is 21.9. The van der Waals surface area contributed by atoms with E-state index in [4.69, 9.17) is 9.47 Å². The van der Waals surface area contributed by atoms with Crippen LogP contribution in [0.25, 0.3) is 0 Å². The van der Waals surface area contributed by atoms with Crippen molar-refractivity contribution < 1.29 is 31.8 Å². The standard InChI is InChI=1S/C21H28F4N2O3/c1-12(21(23,24)25)26-15-4-6-16(7-5-15)27-20(28)13-9-17(10-13)30-19-11-14(22)3-8-18(19)29-2/h3,8,11-13,15-17,26H,4-7,9-10H2,1-2H3,(H,27,28)/t12?,13-,15-,16-,17-. The summed E-state index contributed by atoms with van der Waals surface area (Å²) in [5.41, 5.74) is 0. The molecule has 2 aliphatic carbocycles. The van der Waals surface area contributed by atoms with Gasteiger partial charge in [0.25, 0.3) is 0 Å². The fraction of sp³-hybridized carbons (Fsp3) is 0.667. The van der Waals surface area contributed by atoms with Crippen molar-refractivity contribution in [2.45, 2.75) is 75.9 Å². The number of rotatable bonds is 7. The molecule has 2 aliphatic rings. The van der Waals surface area contributed by atoms with E-state index in [9.17, 15) is 22.4 Å². The van der Waals surface area contributed by atoms with Gasteiger partial charge in [-0.2, -0.15) is 13.2 Å². The fourth-order valence-electron chi connectivity index (χ4n) is 3.97. The summed E-state index contributed by atoms with van der Waals surface area (Å²) in [4.78, 5) is 12.4. The highest BCUT2D eigenvalue weighted by Crippen LogP contribution is 2.36. The molecular formula is C21H28F4N2O3. The van der Waals surface area contributed by atoms with E-state index < -0.39 is 18.0 Å². The van der Waals surface area contributed by atoms with Crippen LogP contribution in [-0.4, -0.2) is 43.4 Å². The number of benzene rings is 1. The number of amides is 1. The Morgan fingerprint density at radius 1 is 1.10 bits per heavy atom. The molecule has 0 spiro atoms. The van der Waals surface area contributed by atoms with Crippen LogP contribution in [0.4, 0.5) is 17.6 Å². The number of alkyl halides is 3. The Morgan fingerprint density at radius 2 is 1.73 bits per heavy atom. The lowest BCUT2D eigenvalue weighted by atomic mass is 9.81. The topological polar surface area (TPSA) is 59.6 Å². The molecule has 1 aromatic rings. The third-order valence-corrected chi connectivity index (χ3v) is 5.94. The van der Waals surface area contributed by atoms with Gasteiger partial charge < -0.3 is 20.1 Å². The second kappa shape index (κ2) is 9.41. The minimum Gasteiger partial charge on any atom is -0.493 e. The largest absolute Gasteiger partial charge is 0.493 e. The number of hydrogen-bond acceptors (Lipinski definition) is 4. The summed E-state index contributed by atoms with van der Waals surface area (Å²) in [5.74, 6) is 0.112. The van der Waals surface area contributed by atoms with Crippen LogP contribution in [0.3, 0.4) is 0 Å². The predicted molar refractivity (Wildman–Crippen MR) is 103 cm³/mol. The summed E-state index contributed by atoms with van der Waals surface area (Å²) < 4.78 is 62.3. The SMILES string of the molecule is COc1ccc(F)cc1O[C@H]1C[C@H](C(=O)N[C@H]2CC[C@H](NC(C)C(F)(F)F)CC2)C1. The highest BCUT2D eigenvalue weighted by Gasteiger charge is 2.39. The van der Waals surface area contributed by atoms with Gasteiger partial charge in [0.2, 0.25) is 5.91 Å². The Morgan fingerprint density at radius 3 is 2.33 bits per heavy atom. The molecule has 0 heterocycles. The van der Waals surface area contributed by atoms with Gasteiger partial charge in [0.05, 0.1) is 7.11 Å². The second-order valence-corrected chi connectivity index (χ2v) is 8.19. The van der Waals surface area contributed by atoms with Crippen molar-refractivity contribution in [1.29, 1.82) is 0 Å². The number of hydrogen-bond donors (Lipinski definition) is 2. The van der Waals surface area contributed by atoms with Gasteiger partial charge in [-0.1, -0.05) is 0 Å². The van der Waals surface area contributed by atoms with Gasteiger partial charge in [-0.15, -0.1) is 0 Å². The highest BCUT2D eigenvalue weighted by molar-refractivity contribution is 5.80. The van der Waals surface area contributed by atoms with E-state index in [2.05, 4.69) is 10.6 Å². The maximum Gasteiger partial charge on any atom is 0.403 e. The van der Waals surface area contributed by atoms with E-state index >= 15 is 0 Å². The fourth-order valence-corrected chi connectivity index (χ4v) is 3.97. The molecule has 0 radical (unpaired) electrons. The molecule has 2 N–H and O–H groups in total. The van der Waals surface area contributed by atoms with Gasteiger partial charge in [0, 0.05) is 24.1 Å². The summed E-state index contributed by atoms with van der Waals surface area (Å²) in [5, 5.41) is 5.64. The molecule has 3 rings (SSSR count). The first-order valence-corrected chi connectivity index (χ1v) is 10.3. The molecule has 9 heteroatoms. The van der Waals surface area contributed by atoms with Crippen molar-refractivity contribution in [1.82, 2.24) is 10.6 Å². The third kappa shape index (κ3) is 5.77. The van der Waals surface area contributed by atoms with Crippen LogP contribution in [0, 0.1) is 11.7 Å². The quantitative estimate of drug-likeness (QED) is 0.641. The van der Waals surface area contributed by atoms with E-state index in [1.807, 2.05) is 0 Å². The number of halogens is 4. The lowest BCUT2D eigenvalue weighted by Crippen LogP contribution is -2.50. The molecule has 1 unspecified atom stereocenters. The first-order chi connectivity index (χ1) is 14.2. The molecule has 2 saturated carbocycles. The van der Waals surface area contributed by atoms with E-state index in [0.717, 1.165) is 6.92 Å². The Labute approximate surface area is 173 Å². The molecule has 0 aliphatic heterocycles. The van der Waals surface area contributed by atoms with E-state index in [-0.39, 0.29) is 30.0 Å². The van der Waals surface area contributed by atoms with Crippen molar-refractivity contribution >= 4 is 5.91 Å². The molecule has 30 heavy (non-hydrogen) atoms. The normalized spacial score (nSPS) is 27.7. The lowest BCUT2D eigenvalue weighted by molar-refractivity contribution is -0.153. The minimum atomic E-state index is -4.25. The van der Waals surface area contributed by atoms with Crippen molar-refractivity contribution in [2.24, 2.45) is 5.92 Å². The van der Waals surface area contributed by atoms with Crippen molar-refractivity contribution in [3.63, 3.8) is 0 Å². The predicted octanol–water partition coefficient (Wildman–Crippen LogP) is 3.96. The second-order valence-electron chi connectivity index (χ2n) is 8.19. The van der Waals surface area contributed by atoms with Crippen LogP contribution in [-0.2, 0) is 4.79 Å². The summed E-state index contributed by atoms with van der Waals surface area (Å²) in [7, 11) is 1.48. The van der Waals surface area contributed by atoms with Gasteiger partial charge in [-0.3, -0.25) is 4.79 Å². The van der Waals surface area contributed by atoms with Gasteiger partial charge in [0.15, 0.2) is 11.5 Å². The molecule has 2 fully saturated rings. The molecule has 1 amide bonds. The number of carbonyl (C=O) groups excluding carboxylic acids is 1. The summed E-state index contributed by atoms with van der Waals surface area (Å²) in [6, 6.07) is 2.32. The Hall–Kier alpha value is -2.03. The Balaban J connectivity index is 1.38. The van der Waals surface area contributed by atoms with Crippen molar-refractivity contribution in [3.05, 3.63) is 24.0 Å². The van der Waals surface area contributed by atoms with Crippen LogP contribution in [0.15, 0.2) is 18.2 Å². The zero-order valence-corrected chi connectivity index (χ0v) is 17.1.